The van der Waals surface area contributed by atoms with Crippen LogP contribution >= 0.6 is 0 Å². The first-order valence-corrected chi connectivity index (χ1v) is 10.5. The summed E-state index contributed by atoms with van der Waals surface area (Å²) in [5.41, 5.74) is 4.26. The third-order valence-electron chi connectivity index (χ3n) is 5.79. The van der Waals surface area contributed by atoms with Crippen LogP contribution in [-0.4, -0.2) is 30.3 Å². The van der Waals surface area contributed by atoms with Crippen LogP contribution in [-0.2, 0) is 6.54 Å². The minimum absolute atomic E-state index is 0.0538. The van der Waals surface area contributed by atoms with Gasteiger partial charge in [0.15, 0.2) is 11.3 Å². The Labute approximate surface area is 183 Å². The van der Waals surface area contributed by atoms with E-state index in [0.717, 1.165) is 40.0 Å². The molecule has 1 saturated carbocycles. The summed E-state index contributed by atoms with van der Waals surface area (Å²) in [5, 5.41) is 11.5. The van der Waals surface area contributed by atoms with Crippen LogP contribution in [0.5, 0.6) is 0 Å². The zero-order chi connectivity index (χ0) is 22.4. The van der Waals surface area contributed by atoms with Crippen molar-refractivity contribution in [1.82, 2.24) is 29.7 Å². The summed E-state index contributed by atoms with van der Waals surface area (Å²) in [6.07, 6.45) is -0.811. The van der Waals surface area contributed by atoms with Crippen molar-refractivity contribution < 1.29 is 13.6 Å². The van der Waals surface area contributed by atoms with E-state index in [-0.39, 0.29) is 29.5 Å². The van der Waals surface area contributed by atoms with Crippen LogP contribution in [0.25, 0.3) is 11.3 Å². The number of nitrogens with zero attached hydrogens (tertiary/aromatic N) is 5. The molecule has 4 aromatic rings. The topological polar surface area (TPSA) is 77.1 Å². The summed E-state index contributed by atoms with van der Waals surface area (Å²) in [4.78, 5) is 17.2. The highest BCUT2D eigenvalue weighted by molar-refractivity contribution is 5.93. The molecule has 1 aromatic carbocycles. The van der Waals surface area contributed by atoms with Gasteiger partial charge in [0.25, 0.3) is 12.3 Å². The van der Waals surface area contributed by atoms with Crippen molar-refractivity contribution in [3.63, 3.8) is 0 Å². The molecule has 0 bridgehead atoms. The van der Waals surface area contributed by atoms with Crippen molar-refractivity contribution in [2.24, 2.45) is 0 Å². The Morgan fingerprint density at radius 1 is 1.16 bits per heavy atom. The van der Waals surface area contributed by atoms with Crippen LogP contribution in [0.1, 0.15) is 64.0 Å². The molecule has 3 heterocycles. The van der Waals surface area contributed by atoms with E-state index in [1.807, 2.05) is 48.9 Å². The summed E-state index contributed by atoms with van der Waals surface area (Å²) in [6, 6.07) is 12.6. The quantitative estimate of drug-likeness (QED) is 0.490. The van der Waals surface area contributed by atoms with Gasteiger partial charge in [-0.05, 0) is 44.9 Å². The average molecular weight is 436 g/mol. The Morgan fingerprint density at radius 3 is 2.59 bits per heavy atom. The SMILES string of the molecule is Cc1nn(-c2ccccc2)c(C)c1CNC(=O)c1cc2nc(C3CC3)cc(C(F)F)n2n1. The summed E-state index contributed by atoms with van der Waals surface area (Å²) in [5.74, 6) is -0.230. The standard InChI is InChI=1S/C23H22F2N6O/c1-13-17(14(2)30(28-13)16-6-4-3-5-7-16)12-26-23(32)19-11-21-27-18(15-8-9-15)10-20(22(24)25)31(21)29-19/h3-7,10-11,15,22H,8-9,12H2,1-2H3,(H,26,32). The molecular weight excluding hydrogens is 414 g/mol. The Kier molecular flexibility index (Phi) is 4.96. The number of hydrogen-bond acceptors (Lipinski definition) is 4. The molecule has 5 rings (SSSR count). The largest absolute Gasteiger partial charge is 0.346 e. The molecular formula is C23H22F2N6O. The molecule has 9 heteroatoms. The molecule has 0 saturated heterocycles. The zero-order valence-corrected chi connectivity index (χ0v) is 17.7. The number of aryl methyl sites for hydroxylation is 1. The fourth-order valence-corrected chi connectivity index (χ4v) is 3.88. The number of amides is 1. The van der Waals surface area contributed by atoms with Gasteiger partial charge in [-0.1, -0.05) is 18.2 Å². The number of halogens is 2. The fraction of sp³-hybridized carbons (Fsp3) is 0.304. The lowest BCUT2D eigenvalue weighted by Crippen LogP contribution is -2.24. The molecule has 3 aromatic heterocycles. The first kappa shape index (κ1) is 20.3. The minimum atomic E-state index is -2.71. The van der Waals surface area contributed by atoms with Gasteiger partial charge in [-0.3, -0.25) is 4.79 Å². The van der Waals surface area contributed by atoms with E-state index in [1.165, 1.54) is 12.1 Å². The molecule has 1 fully saturated rings. The van der Waals surface area contributed by atoms with Crippen molar-refractivity contribution >= 4 is 11.6 Å². The van der Waals surface area contributed by atoms with E-state index in [4.69, 9.17) is 0 Å². The van der Waals surface area contributed by atoms with Gasteiger partial charge in [0.2, 0.25) is 0 Å². The molecule has 32 heavy (non-hydrogen) atoms. The van der Waals surface area contributed by atoms with Crippen molar-refractivity contribution in [2.75, 3.05) is 0 Å². The Hall–Kier alpha value is -3.62. The second-order valence-electron chi connectivity index (χ2n) is 8.06. The van der Waals surface area contributed by atoms with Gasteiger partial charge < -0.3 is 5.32 Å². The van der Waals surface area contributed by atoms with Crippen molar-refractivity contribution in [2.45, 2.75) is 45.6 Å². The number of benzene rings is 1. The lowest BCUT2D eigenvalue weighted by atomic mass is 10.2. The van der Waals surface area contributed by atoms with Crippen molar-refractivity contribution in [1.29, 1.82) is 0 Å². The van der Waals surface area contributed by atoms with Gasteiger partial charge in [-0.15, -0.1) is 0 Å². The van der Waals surface area contributed by atoms with Gasteiger partial charge >= 0.3 is 0 Å². The summed E-state index contributed by atoms with van der Waals surface area (Å²) in [6.45, 7) is 4.08. The Bertz CT molecular complexity index is 1310. The van der Waals surface area contributed by atoms with Crippen LogP contribution in [0.3, 0.4) is 0 Å². The molecule has 0 aliphatic heterocycles. The third kappa shape index (κ3) is 3.63. The van der Waals surface area contributed by atoms with Gasteiger partial charge in [0.05, 0.1) is 11.4 Å². The number of carbonyl (C=O) groups excluding carboxylic acids is 1. The van der Waals surface area contributed by atoms with Gasteiger partial charge in [0.1, 0.15) is 5.69 Å². The maximum Gasteiger partial charge on any atom is 0.280 e. The highest BCUT2D eigenvalue weighted by Crippen LogP contribution is 2.40. The van der Waals surface area contributed by atoms with Gasteiger partial charge in [-0.25, -0.2) is 23.0 Å². The lowest BCUT2D eigenvalue weighted by molar-refractivity contribution is 0.0944. The first-order chi connectivity index (χ1) is 15.4. The summed E-state index contributed by atoms with van der Waals surface area (Å²) < 4.78 is 30.0. The molecule has 1 aliphatic rings. The molecule has 1 N–H and O–H groups in total. The second-order valence-corrected chi connectivity index (χ2v) is 8.06. The number of aromatic nitrogens is 5. The van der Waals surface area contributed by atoms with Crippen molar-refractivity contribution in [3.05, 3.63) is 76.5 Å². The van der Waals surface area contributed by atoms with E-state index in [2.05, 4.69) is 20.5 Å². The van der Waals surface area contributed by atoms with Crippen LogP contribution < -0.4 is 5.32 Å². The Morgan fingerprint density at radius 2 is 1.91 bits per heavy atom. The zero-order valence-electron chi connectivity index (χ0n) is 17.7. The second kappa shape index (κ2) is 7.81. The number of fused-ring (bicyclic) bond motifs is 1. The molecule has 0 spiro atoms. The predicted molar refractivity (Wildman–Crippen MR) is 114 cm³/mol. The van der Waals surface area contributed by atoms with Crippen LogP contribution in [0.4, 0.5) is 8.78 Å². The monoisotopic (exact) mass is 436 g/mol. The molecule has 0 radical (unpaired) electrons. The highest BCUT2D eigenvalue weighted by atomic mass is 19.3. The number of hydrogen-bond donors (Lipinski definition) is 1. The number of para-hydroxylation sites is 1. The van der Waals surface area contributed by atoms with E-state index in [9.17, 15) is 13.6 Å². The number of rotatable bonds is 6. The van der Waals surface area contributed by atoms with Gasteiger partial charge in [0, 0.05) is 35.5 Å². The number of carbonyl (C=O) groups is 1. The van der Waals surface area contributed by atoms with Crippen molar-refractivity contribution in [3.8, 4) is 5.69 Å². The smallest absolute Gasteiger partial charge is 0.280 e. The Balaban J connectivity index is 1.39. The van der Waals surface area contributed by atoms with Crippen LogP contribution in [0, 0.1) is 13.8 Å². The predicted octanol–water partition coefficient (Wildman–Crippen LogP) is 4.28. The van der Waals surface area contributed by atoms with Crippen LogP contribution in [0.15, 0.2) is 42.5 Å². The van der Waals surface area contributed by atoms with E-state index in [0.29, 0.717) is 5.69 Å². The van der Waals surface area contributed by atoms with E-state index in [1.54, 1.807) is 0 Å². The van der Waals surface area contributed by atoms with Gasteiger partial charge in [-0.2, -0.15) is 10.2 Å². The molecule has 164 valence electrons. The number of nitrogens with one attached hydrogen (secondary N) is 1. The molecule has 1 aliphatic carbocycles. The molecule has 0 atom stereocenters. The number of alkyl halides is 2. The molecule has 1 amide bonds. The third-order valence-corrected chi connectivity index (χ3v) is 5.79. The fourth-order valence-electron chi connectivity index (χ4n) is 3.88. The lowest BCUT2D eigenvalue weighted by Gasteiger charge is -2.06. The summed E-state index contributed by atoms with van der Waals surface area (Å²) >= 11 is 0. The summed E-state index contributed by atoms with van der Waals surface area (Å²) in [7, 11) is 0. The highest BCUT2D eigenvalue weighted by Gasteiger charge is 2.28. The van der Waals surface area contributed by atoms with E-state index < -0.39 is 12.3 Å². The first-order valence-electron chi connectivity index (χ1n) is 10.5. The molecule has 0 unspecified atom stereocenters. The average Bonchev–Trinajstić information content (AvgIpc) is 3.48. The minimum Gasteiger partial charge on any atom is -0.346 e. The van der Waals surface area contributed by atoms with E-state index >= 15 is 0 Å². The molecule has 7 nitrogen and oxygen atoms in total. The maximum absolute atomic E-state index is 13.6. The normalized spacial score (nSPS) is 13.8. The van der Waals surface area contributed by atoms with Crippen LogP contribution in [0.2, 0.25) is 0 Å². The maximum atomic E-state index is 13.6.